The number of aromatic carboxylic acids is 1. The molecule has 8 heteroatoms. The Bertz CT molecular complexity index is 1270. The van der Waals surface area contributed by atoms with Crippen molar-refractivity contribution in [2.45, 2.75) is 13.5 Å². The largest absolute Gasteiger partial charge is 0.493 e. The number of amidine groups is 1. The smallest absolute Gasteiger partial charge is 0.335 e. The molecule has 3 aromatic carbocycles. The van der Waals surface area contributed by atoms with Gasteiger partial charge in [-0.2, -0.15) is 0 Å². The van der Waals surface area contributed by atoms with E-state index in [0.717, 1.165) is 26.1 Å². The number of thioether (sulfide) groups is 1. The minimum Gasteiger partial charge on any atom is -0.493 e. The van der Waals surface area contributed by atoms with Crippen molar-refractivity contribution in [1.82, 2.24) is 4.90 Å². The Morgan fingerprint density at radius 3 is 2.50 bits per heavy atom. The van der Waals surface area contributed by atoms with Gasteiger partial charge in [0.15, 0.2) is 5.17 Å². The third kappa shape index (κ3) is 5.68. The van der Waals surface area contributed by atoms with E-state index in [1.165, 1.54) is 23.9 Å². The van der Waals surface area contributed by atoms with Crippen LogP contribution in [0.15, 0.2) is 82.7 Å². The fraction of sp³-hybridized carbons (Fsp3) is 0.115. The van der Waals surface area contributed by atoms with Crippen molar-refractivity contribution < 1.29 is 19.4 Å². The summed E-state index contributed by atoms with van der Waals surface area (Å²) in [5, 5.41) is 9.72. The van der Waals surface area contributed by atoms with Crippen LogP contribution in [0, 0.1) is 3.57 Å². The maximum atomic E-state index is 13.4. The zero-order valence-corrected chi connectivity index (χ0v) is 21.2. The Kier molecular flexibility index (Phi) is 7.69. The minimum absolute atomic E-state index is 0.147. The van der Waals surface area contributed by atoms with Gasteiger partial charge in [-0.05, 0) is 94.9 Å². The van der Waals surface area contributed by atoms with Gasteiger partial charge in [0.25, 0.3) is 5.91 Å². The molecule has 1 heterocycles. The highest BCUT2D eigenvalue weighted by Gasteiger charge is 2.33. The van der Waals surface area contributed by atoms with Gasteiger partial charge in [0, 0.05) is 0 Å². The van der Waals surface area contributed by atoms with E-state index in [0.29, 0.717) is 16.7 Å². The number of hydrogen-bond donors (Lipinski definition) is 1. The molecule has 0 unspecified atom stereocenters. The van der Waals surface area contributed by atoms with Gasteiger partial charge in [-0.25, -0.2) is 9.79 Å². The second-order valence-electron chi connectivity index (χ2n) is 7.36. The predicted molar refractivity (Wildman–Crippen MR) is 143 cm³/mol. The number of carbonyl (C=O) groups excluding carboxylic acids is 1. The summed E-state index contributed by atoms with van der Waals surface area (Å²) in [6.07, 6.45) is 1.86. The number of benzene rings is 3. The van der Waals surface area contributed by atoms with E-state index in [4.69, 9.17) is 14.8 Å². The molecular weight excluding hydrogens is 563 g/mol. The van der Waals surface area contributed by atoms with E-state index >= 15 is 0 Å². The van der Waals surface area contributed by atoms with E-state index in [1.807, 2.05) is 61.5 Å². The number of hydrogen-bond acceptors (Lipinski definition) is 5. The fourth-order valence-corrected chi connectivity index (χ4v) is 5.00. The van der Waals surface area contributed by atoms with E-state index in [-0.39, 0.29) is 18.0 Å². The summed E-state index contributed by atoms with van der Waals surface area (Å²) in [5.41, 5.74) is 2.67. The number of carboxylic acids is 1. The van der Waals surface area contributed by atoms with E-state index in [1.54, 1.807) is 17.0 Å². The SMILES string of the molecule is CCOc1ccc(/C=C2\SC(=Nc3ccccc3)N(Cc3ccc(C(=O)O)cc3)C2=O)cc1I. The van der Waals surface area contributed by atoms with Crippen LogP contribution < -0.4 is 4.74 Å². The lowest BCUT2D eigenvalue weighted by Gasteiger charge is -2.16. The predicted octanol–water partition coefficient (Wildman–Crippen LogP) is 6.19. The fourth-order valence-electron chi connectivity index (χ4n) is 3.31. The molecule has 34 heavy (non-hydrogen) atoms. The van der Waals surface area contributed by atoms with Gasteiger partial charge in [-0.15, -0.1) is 0 Å². The first-order valence-corrected chi connectivity index (χ1v) is 12.4. The van der Waals surface area contributed by atoms with Crippen molar-refractivity contribution in [2.75, 3.05) is 6.61 Å². The second kappa shape index (κ2) is 10.9. The van der Waals surface area contributed by atoms with Crippen molar-refractivity contribution in [3.05, 3.63) is 98.0 Å². The number of rotatable bonds is 7. The molecule has 0 saturated carbocycles. The second-order valence-corrected chi connectivity index (χ2v) is 9.53. The first-order chi connectivity index (χ1) is 16.4. The van der Waals surface area contributed by atoms with Crippen LogP contribution in [-0.2, 0) is 11.3 Å². The topological polar surface area (TPSA) is 79.2 Å². The summed E-state index contributed by atoms with van der Waals surface area (Å²) >= 11 is 3.55. The van der Waals surface area contributed by atoms with Crippen molar-refractivity contribution in [3.63, 3.8) is 0 Å². The molecule has 172 valence electrons. The molecule has 0 bridgehead atoms. The molecule has 3 aromatic rings. The Labute approximate surface area is 215 Å². The maximum Gasteiger partial charge on any atom is 0.335 e. The number of halogens is 1. The van der Waals surface area contributed by atoms with Gasteiger partial charge in [-0.1, -0.05) is 36.4 Å². The summed E-state index contributed by atoms with van der Waals surface area (Å²) in [6.45, 7) is 2.82. The number of ether oxygens (including phenoxy) is 1. The van der Waals surface area contributed by atoms with Crippen LogP contribution in [0.5, 0.6) is 5.75 Å². The monoisotopic (exact) mass is 584 g/mol. The van der Waals surface area contributed by atoms with Crippen molar-refractivity contribution in [3.8, 4) is 5.75 Å². The molecule has 1 N–H and O–H groups in total. The molecule has 1 saturated heterocycles. The molecule has 1 aliphatic rings. The minimum atomic E-state index is -0.985. The zero-order valence-electron chi connectivity index (χ0n) is 18.3. The lowest BCUT2D eigenvalue weighted by molar-refractivity contribution is -0.122. The average Bonchev–Trinajstić information content (AvgIpc) is 3.10. The third-order valence-corrected chi connectivity index (χ3v) is 6.81. The highest BCUT2D eigenvalue weighted by Crippen LogP contribution is 2.36. The first kappa shape index (κ1) is 24.0. The van der Waals surface area contributed by atoms with Gasteiger partial charge in [0.05, 0.1) is 32.9 Å². The summed E-state index contributed by atoms with van der Waals surface area (Å²) in [5.74, 6) is -0.319. The molecule has 6 nitrogen and oxygen atoms in total. The molecular formula is C26H21IN2O4S. The molecule has 0 aromatic heterocycles. The highest BCUT2D eigenvalue weighted by molar-refractivity contribution is 14.1. The zero-order chi connectivity index (χ0) is 24.1. The van der Waals surface area contributed by atoms with E-state index < -0.39 is 5.97 Å². The highest BCUT2D eigenvalue weighted by atomic mass is 127. The van der Waals surface area contributed by atoms with Crippen molar-refractivity contribution >= 4 is 63.2 Å². The van der Waals surface area contributed by atoms with Gasteiger partial charge >= 0.3 is 5.97 Å². The Morgan fingerprint density at radius 2 is 1.85 bits per heavy atom. The summed E-state index contributed by atoms with van der Waals surface area (Å²) in [7, 11) is 0. The summed E-state index contributed by atoms with van der Waals surface area (Å²) in [6, 6.07) is 21.8. The van der Waals surface area contributed by atoms with Crippen LogP contribution >= 0.6 is 34.4 Å². The third-order valence-electron chi connectivity index (χ3n) is 4.96. The van der Waals surface area contributed by atoms with Gasteiger partial charge < -0.3 is 9.84 Å². The Balaban J connectivity index is 1.66. The van der Waals surface area contributed by atoms with Crippen molar-refractivity contribution in [2.24, 2.45) is 4.99 Å². The first-order valence-electron chi connectivity index (χ1n) is 10.5. The molecule has 0 aliphatic carbocycles. The normalized spacial score (nSPS) is 15.8. The Morgan fingerprint density at radius 1 is 1.12 bits per heavy atom. The molecule has 1 aliphatic heterocycles. The van der Waals surface area contributed by atoms with Crippen LogP contribution in [0.3, 0.4) is 0 Å². The molecule has 4 rings (SSSR count). The van der Waals surface area contributed by atoms with Crippen LogP contribution in [0.25, 0.3) is 6.08 Å². The van der Waals surface area contributed by atoms with Crippen LogP contribution in [0.2, 0.25) is 0 Å². The number of carbonyl (C=O) groups is 2. The van der Waals surface area contributed by atoms with Gasteiger partial charge in [0.1, 0.15) is 5.75 Å². The van der Waals surface area contributed by atoms with Crippen LogP contribution in [0.1, 0.15) is 28.4 Å². The van der Waals surface area contributed by atoms with E-state index in [2.05, 4.69) is 22.6 Å². The molecule has 0 atom stereocenters. The van der Waals surface area contributed by atoms with Gasteiger partial charge in [-0.3, -0.25) is 9.69 Å². The molecule has 1 amide bonds. The number of nitrogens with zero attached hydrogens (tertiary/aromatic N) is 2. The number of para-hydroxylation sites is 1. The number of aliphatic imine (C=N–C) groups is 1. The Hall–Kier alpha value is -3.11. The molecule has 0 spiro atoms. The maximum absolute atomic E-state index is 13.4. The van der Waals surface area contributed by atoms with Crippen LogP contribution in [-0.4, -0.2) is 33.7 Å². The molecule has 1 fully saturated rings. The van der Waals surface area contributed by atoms with Crippen molar-refractivity contribution in [1.29, 1.82) is 0 Å². The summed E-state index contributed by atoms with van der Waals surface area (Å²) in [4.78, 5) is 31.4. The quantitative estimate of drug-likeness (QED) is 0.265. The molecule has 0 radical (unpaired) electrons. The van der Waals surface area contributed by atoms with Gasteiger partial charge in [0.2, 0.25) is 0 Å². The lowest BCUT2D eigenvalue weighted by Crippen LogP contribution is -2.28. The summed E-state index contributed by atoms with van der Waals surface area (Å²) < 4.78 is 6.58. The van der Waals surface area contributed by atoms with E-state index in [9.17, 15) is 9.59 Å². The number of amides is 1. The number of carboxylic acid groups (broad SMARTS) is 1. The average molecular weight is 584 g/mol. The lowest BCUT2D eigenvalue weighted by atomic mass is 10.1. The standard InChI is InChI=1S/C26H21IN2O4S/c1-2-33-22-13-10-18(14-21(22)27)15-23-24(30)29(16-17-8-11-19(12-9-17)25(31)32)26(34-23)28-20-6-4-3-5-7-20/h3-15H,2,16H2,1H3,(H,31,32)/b23-15-,28-26?. The van der Waals surface area contributed by atoms with Crippen LogP contribution in [0.4, 0.5) is 5.69 Å².